The number of hydrogen-bond donors (Lipinski definition) is 1. The molecule has 2 heterocycles. The van der Waals surface area contributed by atoms with E-state index < -0.39 is 0 Å². The van der Waals surface area contributed by atoms with Crippen molar-refractivity contribution in [2.45, 2.75) is 19.0 Å². The monoisotopic (exact) mass is 287 g/mol. The van der Waals surface area contributed by atoms with Gasteiger partial charge in [-0.2, -0.15) is 0 Å². The van der Waals surface area contributed by atoms with Crippen LogP contribution in [0.3, 0.4) is 0 Å². The van der Waals surface area contributed by atoms with E-state index in [0.717, 1.165) is 31.1 Å². The number of nitrogens with one attached hydrogen (secondary N) is 1. The molecular weight excluding hydrogens is 270 g/mol. The average molecular weight is 288 g/mol. The Labute approximate surface area is 124 Å². The van der Waals surface area contributed by atoms with Gasteiger partial charge in [0.2, 0.25) is 0 Å². The van der Waals surface area contributed by atoms with Crippen molar-refractivity contribution in [3.8, 4) is 0 Å². The molecule has 0 spiro atoms. The maximum atomic E-state index is 6.05. The van der Waals surface area contributed by atoms with Crippen LogP contribution in [0.2, 0.25) is 5.02 Å². The largest absolute Gasteiger partial charge is 0.370 e. The van der Waals surface area contributed by atoms with Crippen LogP contribution < -0.4 is 10.2 Å². The highest BCUT2D eigenvalue weighted by molar-refractivity contribution is 6.30. The molecule has 0 bridgehead atoms. The third-order valence-electron chi connectivity index (χ3n) is 3.68. The van der Waals surface area contributed by atoms with E-state index in [-0.39, 0.29) is 0 Å². The van der Waals surface area contributed by atoms with Crippen LogP contribution in [0.15, 0.2) is 48.8 Å². The Morgan fingerprint density at radius 3 is 3.05 bits per heavy atom. The molecule has 1 fully saturated rings. The molecule has 2 aromatic rings. The van der Waals surface area contributed by atoms with E-state index >= 15 is 0 Å². The van der Waals surface area contributed by atoms with E-state index in [9.17, 15) is 0 Å². The van der Waals surface area contributed by atoms with Crippen molar-refractivity contribution in [2.24, 2.45) is 0 Å². The van der Waals surface area contributed by atoms with Crippen molar-refractivity contribution >= 4 is 17.3 Å². The molecule has 1 aliphatic rings. The minimum Gasteiger partial charge on any atom is -0.370 e. The van der Waals surface area contributed by atoms with Crippen LogP contribution in [-0.4, -0.2) is 24.1 Å². The van der Waals surface area contributed by atoms with Gasteiger partial charge in [0.15, 0.2) is 0 Å². The molecule has 20 heavy (non-hydrogen) atoms. The van der Waals surface area contributed by atoms with Gasteiger partial charge < -0.3 is 10.2 Å². The Hall–Kier alpha value is -1.58. The molecule has 0 unspecified atom stereocenters. The summed E-state index contributed by atoms with van der Waals surface area (Å²) < 4.78 is 0. The van der Waals surface area contributed by atoms with E-state index in [2.05, 4.69) is 27.3 Å². The summed E-state index contributed by atoms with van der Waals surface area (Å²) in [6.07, 6.45) is 4.88. The molecule has 1 atom stereocenters. The second-order valence-electron chi connectivity index (χ2n) is 5.15. The summed E-state index contributed by atoms with van der Waals surface area (Å²) in [4.78, 5) is 6.52. The van der Waals surface area contributed by atoms with Gasteiger partial charge in [-0.3, -0.25) is 4.98 Å². The zero-order valence-electron chi connectivity index (χ0n) is 11.3. The molecule has 1 aromatic carbocycles. The summed E-state index contributed by atoms with van der Waals surface area (Å²) in [5, 5.41) is 4.40. The van der Waals surface area contributed by atoms with E-state index in [0.29, 0.717) is 6.04 Å². The Bertz CT molecular complexity index is 559. The Morgan fingerprint density at radius 2 is 2.25 bits per heavy atom. The van der Waals surface area contributed by atoms with E-state index in [1.54, 1.807) is 6.20 Å². The van der Waals surface area contributed by atoms with Gasteiger partial charge in [0.05, 0.1) is 0 Å². The minimum atomic E-state index is 0.522. The highest BCUT2D eigenvalue weighted by Gasteiger charge is 2.22. The fourth-order valence-corrected chi connectivity index (χ4v) is 2.78. The van der Waals surface area contributed by atoms with Crippen molar-refractivity contribution in [2.75, 3.05) is 18.0 Å². The zero-order chi connectivity index (χ0) is 13.8. The topological polar surface area (TPSA) is 28.2 Å². The maximum absolute atomic E-state index is 6.05. The van der Waals surface area contributed by atoms with Gasteiger partial charge in [-0.15, -0.1) is 0 Å². The van der Waals surface area contributed by atoms with Crippen LogP contribution in [0.25, 0.3) is 0 Å². The lowest BCUT2D eigenvalue weighted by Gasteiger charge is -2.19. The first-order valence-electron chi connectivity index (χ1n) is 6.94. The molecule has 0 aliphatic carbocycles. The summed E-state index contributed by atoms with van der Waals surface area (Å²) in [7, 11) is 0. The van der Waals surface area contributed by atoms with E-state index in [4.69, 9.17) is 11.6 Å². The fourth-order valence-electron chi connectivity index (χ4n) is 2.60. The SMILES string of the molecule is Clc1cccc(N2CC[C@@H](NCc3cccnc3)C2)c1. The number of rotatable bonds is 4. The third kappa shape index (κ3) is 3.30. The summed E-state index contributed by atoms with van der Waals surface area (Å²) >= 11 is 6.05. The number of hydrogen-bond acceptors (Lipinski definition) is 3. The molecule has 0 radical (unpaired) electrons. The molecule has 3 rings (SSSR count). The smallest absolute Gasteiger partial charge is 0.0426 e. The Balaban J connectivity index is 1.55. The van der Waals surface area contributed by atoms with Gasteiger partial charge in [0.1, 0.15) is 0 Å². The van der Waals surface area contributed by atoms with Crippen molar-refractivity contribution in [1.29, 1.82) is 0 Å². The lowest BCUT2D eigenvalue weighted by Crippen LogP contribution is -2.32. The summed E-state index contributed by atoms with van der Waals surface area (Å²) in [6, 6.07) is 12.7. The van der Waals surface area contributed by atoms with Crippen molar-refractivity contribution in [1.82, 2.24) is 10.3 Å². The quantitative estimate of drug-likeness (QED) is 0.936. The van der Waals surface area contributed by atoms with Crippen LogP contribution in [0.5, 0.6) is 0 Å². The molecule has 0 saturated carbocycles. The second kappa shape index (κ2) is 6.25. The summed E-state index contributed by atoms with van der Waals surface area (Å²) in [5.41, 5.74) is 2.44. The number of benzene rings is 1. The Kier molecular flexibility index (Phi) is 4.19. The van der Waals surface area contributed by atoms with Crippen LogP contribution >= 0.6 is 11.6 Å². The average Bonchev–Trinajstić information content (AvgIpc) is 2.95. The van der Waals surface area contributed by atoms with E-state index in [1.807, 2.05) is 30.5 Å². The number of halogens is 1. The lowest BCUT2D eigenvalue weighted by atomic mass is 10.2. The molecule has 4 heteroatoms. The first kappa shape index (κ1) is 13.4. The van der Waals surface area contributed by atoms with Crippen molar-refractivity contribution in [3.05, 3.63) is 59.4 Å². The number of nitrogens with zero attached hydrogens (tertiary/aromatic N) is 2. The van der Waals surface area contributed by atoms with Crippen LogP contribution in [0.1, 0.15) is 12.0 Å². The lowest BCUT2D eigenvalue weighted by molar-refractivity contribution is 0.551. The molecule has 3 nitrogen and oxygen atoms in total. The van der Waals surface area contributed by atoms with E-state index in [1.165, 1.54) is 11.3 Å². The molecule has 1 aromatic heterocycles. The molecule has 1 aliphatic heterocycles. The first-order chi connectivity index (χ1) is 9.81. The zero-order valence-corrected chi connectivity index (χ0v) is 12.1. The number of anilines is 1. The summed E-state index contributed by atoms with van der Waals surface area (Å²) in [5.74, 6) is 0. The van der Waals surface area contributed by atoms with Crippen LogP contribution in [-0.2, 0) is 6.54 Å². The van der Waals surface area contributed by atoms with Crippen LogP contribution in [0.4, 0.5) is 5.69 Å². The predicted molar refractivity (Wildman–Crippen MR) is 83.1 cm³/mol. The van der Waals surface area contributed by atoms with Gasteiger partial charge in [-0.25, -0.2) is 0 Å². The third-order valence-corrected chi connectivity index (χ3v) is 3.91. The molecule has 104 valence electrons. The second-order valence-corrected chi connectivity index (χ2v) is 5.59. The van der Waals surface area contributed by atoms with Crippen molar-refractivity contribution < 1.29 is 0 Å². The normalized spacial score (nSPS) is 18.4. The number of aromatic nitrogens is 1. The standard InChI is InChI=1S/C16H18ClN3/c17-14-4-1-5-16(9-14)20-8-6-15(12-20)19-11-13-3-2-7-18-10-13/h1-5,7,9-10,15,19H,6,8,11-12H2/t15-/m1/s1. The predicted octanol–water partition coefficient (Wildman–Crippen LogP) is 3.10. The van der Waals surface area contributed by atoms with Gasteiger partial charge >= 0.3 is 0 Å². The van der Waals surface area contributed by atoms with Gasteiger partial charge in [-0.1, -0.05) is 23.7 Å². The molecular formula is C16H18ClN3. The molecule has 1 N–H and O–H groups in total. The molecule has 0 amide bonds. The summed E-state index contributed by atoms with van der Waals surface area (Å²) in [6.45, 7) is 2.98. The maximum Gasteiger partial charge on any atom is 0.0426 e. The van der Waals surface area contributed by atoms with Crippen molar-refractivity contribution in [3.63, 3.8) is 0 Å². The first-order valence-corrected chi connectivity index (χ1v) is 7.32. The number of pyridine rings is 1. The fraction of sp³-hybridized carbons (Fsp3) is 0.312. The molecule has 1 saturated heterocycles. The Morgan fingerprint density at radius 1 is 1.30 bits per heavy atom. The minimum absolute atomic E-state index is 0.522. The van der Waals surface area contributed by atoms with Gasteiger partial charge in [-0.05, 0) is 36.2 Å². The van der Waals surface area contributed by atoms with Gasteiger partial charge in [0, 0.05) is 48.8 Å². The van der Waals surface area contributed by atoms with Gasteiger partial charge in [0.25, 0.3) is 0 Å². The highest BCUT2D eigenvalue weighted by Crippen LogP contribution is 2.23. The van der Waals surface area contributed by atoms with Crippen LogP contribution in [0, 0.1) is 0 Å². The highest BCUT2D eigenvalue weighted by atomic mass is 35.5.